The maximum Gasteiger partial charge on any atom is 0.164 e. The molecule has 0 aliphatic rings. The zero-order chi connectivity index (χ0) is 42.6. The number of hydrogen-bond donors (Lipinski definition) is 0. The van der Waals surface area contributed by atoms with Gasteiger partial charge in [0.15, 0.2) is 17.5 Å². The van der Waals surface area contributed by atoms with E-state index in [4.69, 9.17) is 15.0 Å². The van der Waals surface area contributed by atoms with Crippen LogP contribution in [0.5, 0.6) is 0 Å². The summed E-state index contributed by atoms with van der Waals surface area (Å²) in [6.45, 7) is 0. The Bertz CT molecular complexity index is 4110. The molecule has 0 N–H and O–H groups in total. The van der Waals surface area contributed by atoms with Crippen molar-refractivity contribution in [3.05, 3.63) is 212 Å². The van der Waals surface area contributed by atoms with Crippen molar-refractivity contribution in [2.24, 2.45) is 0 Å². The van der Waals surface area contributed by atoms with E-state index in [2.05, 4.69) is 185 Å². The minimum absolute atomic E-state index is 0.641. The normalized spacial score (nSPS) is 12.0. The van der Waals surface area contributed by atoms with Gasteiger partial charge in [0, 0.05) is 59.3 Å². The van der Waals surface area contributed by atoms with Crippen molar-refractivity contribution in [2.45, 2.75) is 0 Å². The predicted octanol–water partition coefficient (Wildman–Crippen LogP) is 15.7. The molecule has 0 saturated carbocycles. The summed E-state index contributed by atoms with van der Waals surface area (Å²) < 4.78 is 4.92. The summed E-state index contributed by atoms with van der Waals surface area (Å²) in [4.78, 5) is 17.8. The Balaban J connectivity index is 0.916. The first-order valence-electron chi connectivity index (χ1n) is 21.9. The largest absolute Gasteiger partial charge is 0.309 e. The molecular formula is C59H35N5S. The molecule has 0 aliphatic carbocycles. The lowest BCUT2D eigenvalue weighted by Crippen LogP contribution is -2.01. The van der Waals surface area contributed by atoms with Gasteiger partial charge < -0.3 is 4.57 Å². The van der Waals surface area contributed by atoms with E-state index in [9.17, 15) is 0 Å². The summed E-state index contributed by atoms with van der Waals surface area (Å²) in [6.07, 6.45) is 0. The van der Waals surface area contributed by atoms with Crippen molar-refractivity contribution in [1.29, 1.82) is 0 Å². The number of benzene rings is 9. The summed E-state index contributed by atoms with van der Waals surface area (Å²) in [5.41, 5.74) is 12.5. The predicted molar refractivity (Wildman–Crippen MR) is 271 cm³/mol. The van der Waals surface area contributed by atoms with E-state index < -0.39 is 0 Å². The molecule has 0 atom stereocenters. The first kappa shape index (κ1) is 36.1. The molecule has 9 aromatic carbocycles. The van der Waals surface area contributed by atoms with Gasteiger partial charge in [0.2, 0.25) is 0 Å². The minimum atomic E-state index is 0.641. The fourth-order valence-electron chi connectivity index (χ4n) is 10.2. The number of nitrogens with zero attached hydrogens (tertiary/aromatic N) is 5. The molecule has 65 heavy (non-hydrogen) atoms. The van der Waals surface area contributed by atoms with Gasteiger partial charge in [0.05, 0.1) is 27.8 Å². The fraction of sp³-hybridized carbons (Fsp3) is 0. The number of hydrogen-bond acceptors (Lipinski definition) is 4. The lowest BCUT2D eigenvalue weighted by Gasteiger charge is -2.15. The highest BCUT2D eigenvalue weighted by molar-refractivity contribution is 7.22. The van der Waals surface area contributed by atoms with Crippen molar-refractivity contribution < 1.29 is 0 Å². The molecule has 6 heteroatoms. The Kier molecular flexibility index (Phi) is 7.79. The maximum absolute atomic E-state index is 5.12. The van der Waals surface area contributed by atoms with E-state index in [-0.39, 0.29) is 0 Å². The zero-order valence-electron chi connectivity index (χ0n) is 34.9. The standard InChI is InChI=1S/C59H35N5S/c1-4-15-36(16-5-1)54-35-49-45-25-14-24-44-48-34-40(28-31-53(48)64(55(44)45)59(49)65-54)39-27-30-52-47(33-39)43-23-12-13-26-50(43)63(52)51-32-29-46(41-21-10-11-22-42(41)51)58-61-56(37-17-6-2-7-18-37)60-57(62-58)38-19-8-3-9-20-38/h1-35H. The van der Waals surface area contributed by atoms with Crippen molar-refractivity contribution in [1.82, 2.24) is 23.9 Å². The SMILES string of the molecule is c1ccc(-c2nc(-c3ccccc3)nc(-c3ccc(-n4c5ccccc5c5cc(-c6ccc7c(c6)c6cccc8c9cc(-c%10ccccc%10)sc9n7c68)ccc54)c4ccccc34)n2)cc1. The van der Waals surface area contributed by atoms with Crippen LogP contribution in [0.3, 0.4) is 0 Å². The highest BCUT2D eigenvalue weighted by atomic mass is 32.1. The van der Waals surface area contributed by atoms with Crippen LogP contribution in [0.4, 0.5) is 0 Å². The summed E-state index contributed by atoms with van der Waals surface area (Å²) in [7, 11) is 0. The van der Waals surface area contributed by atoms with Crippen LogP contribution in [0.15, 0.2) is 212 Å². The number of aromatic nitrogens is 5. The van der Waals surface area contributed by atoms with Crippen LogP contribution in [-0.2, 0) is 0 Å². The molecule has 0 spiro atoms. The van der Waals surface area contributed by atoms with Gasteiger partial charge >= 0.3 is 0 Å². The van der Waals surface area contributed by atoms with Gasteiger partial charge in [-0.1, -0.05) is 164 Å². The average Bonchev–Trinajstić information content (AvgIpc) is 4.13. The second-order valence-electron chi connectivity index (χ2n) is 16.8. The molecule has 0 unspecified atom stereocenters. The fourth-order valence-corrected chi connectivity index (χ4v) is 11.4. The molecule has 5 heterocycles. The lowest BCUT2D eigenvalue weighted by molar-refractivity contribution is 1.08. The maximum atomic E-state index is 5.12. The number of rotatable bonds is 6. The molecule has 14 rings (SSSR count). The van der Waals surface area contributed by atoms with Crippen LogP contribution in [0.2, 0.25) is 0 Å². The van der Waals surface area contributed by atoms with Crippen LogP contribution in [-0.4, -0.2) is 23.9 Å². The Hall–Kier alpha value is -8.45. The third-order valence-electron chi connectivity index (χ3n) is 13.1. The van der Waals surface area contributed by atoms with E-state index in [1.54, 1.807) is 0 Å². The Morgan fingerprint density at radius 1 is 0.323 bits per heavy atom. The van der Waals surface area contributed by atoms with Crippen molar-refractivity contribution >= 4 is 81.3 Å². The number of fused-ring (bicyclic) bond motifs is 10. The molecular weight excluding hydrogens is 811 g/mol. The van der Waals surface area contributed by atoms with Crippen molar-refractivity contribution in [2.75, 3.05) is 0 Å². The van der Waals surface area contributed by atoms with E-state index in [1.165, 1.54) is 69.7 Å². The first-order valence-corrected chi connectivity index (χ1v) is 22.8. The van der Waals surface area contributed by atoms with E-state index in [1.807, 2.05) is 47.7 Å². The molecule has 302 valence electrons. The van der Waals surface area contributed by atoms with Crippen molar-refractivity contribution in [3.8, 4) is 61.4 Å². The molecule has 14 aromatic rings. The number of thiophene rings is 1. The average molecular weight is 846 g/mol. The van der Waals surface area contributed by atoms with Gasteiger partial charge in [-0.2, -0.15) is 0 Å². The van der Waals surface area contributed by atoms with E-state index in [0.29, 0.717) is 17.5 Å². The Morgan fingerprint density at radius 3 is 1.54 bits per heavy atom. The Morgan fingerprint density at radius 2 is 0.846 bits per heavy atom. The summed E-state index contributed by atoms with van der Waals surface area (Å²) in [5, 5.41) is 9.83. The van der Waals surface area contributed by atoms with E-state index >= 15 is 0 Å². The third-order valence-corrected chi connectivity index (χ3v) is 14.3. The monoisotopic (exact) mass is 845 g/mol. The summed E-state index contributed by atoms with van der Waals surface area (Å²) >= 11 is 1.88. The second kappa shape index (κ2) is 14.0. The second-order valence-corrected chi connectivity index (χ2v) is 17.8. The third kappa shape index (κ3) is 5.48. The lowest BCUT2D eigenvalue weighted by atomic mass is 10.00. The topological polar surface area (TPSA) is 48.0 Å². The molecule has 0 saturated heterocycles. The van der Waals surface area contributed by atoms with Gasteiger partial charge in [-0.25, -0.2) is 15.0 Å². The summed E-state index contributed by atoms with van der Waals surface area (Å²) in [6, 6.07) is 76.0. The molecule has 0 amide bonds. The first-order chi connectivity index (χ1) is 32.2. The summed E-state index contributed by atoms with van der Waals surface area (Å²) in [5.74, 6) is 1.93. The number of para-hydroxylation sites is 2. The zero-order valence-corrected chi connectivity index (χ0v) is 35.7. The smallest absolute Gasteiger partial charge is 0.164 e. The van der Waals surface area contributed by atoms with Gasteiger partial charge in [-0.15, -0.1) is 11.3 Å². The molecule has 0 bridgehead atoms. The van der Waals surface area contributed by atoms with Gasteiger partial charge in [-0.3, -0.25) is 4.40 Å². The molecule has 5 aromatic heterocycles. The van der Waals surface area contributed by atoms with E-state index in [0.717, 1.165) is 44.2 Å². The van der Waals surface area contributed by atoms with Gasteiger partial charge in [-0.05, 0) is 70.6 Å². The van der Waals surface area contributed by atoms with Crippen molar-refractivity contribution in [3.63, 3.8) is 0 Å². The van der Waals surface area contributed by atoms with Crippen LogP contribution < -0.4 is 0 Å². The molecule has 0 aliphatic heterocycles. The molecule has 0 radical (unpaired) electrons. The van der Waals surface area contributed by atoms with Gasteiger partial charge in [0.1, 0.15) is 4.83 Å². The highest BCUT2D eigenvalue weighted by Gasteiger charge is 2.22. The van der Waals surface area contributed by atoms with Crippen LogP contribution in [0, 0.1) is 0 Å². The van der Waals surface area contributed by atoms with Gasteiger partial charge in [0.25, 0.3) is 0 Å². The Labute approximate surface area is 377 Å². The van der Waals surface area contributed by atoms with Crippen LogP contribution >= 0.6 is 11.3 Å². The van der Waals surface area contributed by atoms with Crippen LogP contribution in [0.25, 0.3) is 131 Å². The van der Waals surface area contributed by atoms with Crippen LogP contribution in [0.1, 0.15) is 0 Å². The highest BCUT2D eigenvalue weighted by Crippen LogP contribution is 2.46. The minimum Gasteiger partial charge on any atom is -0.309 e. The molecule has 0 fully saturated rings. The quantitative estimate of drug-likeness (QED) is 0.167. The molecule has 5 nitrogen and oxygen atoms in total.